The Morgan fingerprint density at radius 1 is 1.12 bits per heavy atom. The third-order valence-corrected chi connectivity index (χ3v) is 6.52. The van der Waals surface area contributed by atoms with Crippen molar-refractivity contribution in [2.24, 2.45) is 0 Å². The van der Waals surface area contributed by atoms with Gasteiger partial charge in [-0.2, -0.15) is 5.10 Å². The number of hydrogen-bond donors (Lipinski definition) is 0. The van der Waals surface area contributed by atoms with E-state index in [4.69, 9.17) is 23.8 Å². The number of thiocarbonyl (C=S) groups is 1. The van der Waals surface area contributed by atoms with Crippen LogP contribution in [-0.4, -0.2) is 42.9 Å². The fourth-order valence-electron chi connectivity index (χ4n) is 3.37. The van der Waals surface area contributed by atoms with Gasteiger partial charge in [0.05, 0.1) is 28.3 Å². The molecule has 1 saturated heterocycles. The number of para-hydroxylation sites is 1. The highest BCUT2D eigenvalue weighted by molar-refractivity contribution is 8.26. The molecule has 0 saturated carbocycles. The van der Waals surface area contributed by atoms with Gasteiger partial charge < -0.3 is 19.8 Å². The molecule has 1 aliphatic rings. The Labute approximate surface area is 208 Å². The molecule has 0 unspecified atom stereocenters. The molecule has 8 nitrogen and oxygen atoms in total. The van der Waals surface area contributed by atoms with Crippen molar-refractivity contribution in [3.05, 3.63) is 76.3 Å². The maximum absolute atomic E-state index is 13.0. The number of nitrogens with zero attached hydrogens (tertiary/aromatic N) is 3. The second kappa shape index (κ2) is 9.80. The van der Waals surface area contributed by atoms with Gasteiger partial charge in [-0.3, -0.25) is 9.69 Å². The molecule has 0 bridgehead atoms. The van der Waals surface area contributed by atoms with Gasteiger partial charge in [-0.25, -0.2) is 4.68 Å². The Hall–Kier alpha value is -3.47. The number of carbonyl (C=O) groups excluding carboxylic acids is 3. The minimum Gasteiger partial charge on any atom is -0.550 e. The molecule has 1 aliphatic heterocycles. The molecule has 1 fully saturated rings. The monoisotopic (exact) mass is 511 g/mol. The lowest BCUT2D eigenvalue weighted by Gasteiger charge is -2.27. The highest BCUT2D eigenvalue weighted by Crippen LogP contribution is 2.36. The molecule has 2 heterocycles. The summed E-state index contributed by atoms with van der Waals surface area (Å²) in [6.07, 6.45) is 2.33. The maximum Gasteiger partial charge on any atom is 0.266 e. The summed E-state index contributed by atoms with van der Waals surface area (Å²) in [4.78, 5) is 36.4. The minimum atomic E-state index is -1.77. The van der Waals surface area contributed by atoms with Crippen molar-refractivity contribution < 1.29 is 24.6 Å². The van der Waals surface area contributed by atoms with E-state index in [9.17, 15) is 24.6 Å². The Kier molecular flexibility index (Phi) is 6.82. The van der Waals surface area contributed by atoms with Crippen molar-refractivity contribution >= 4 is 63.8 Å². The van der Waals surface area contributed by atoms with Crippen LogP contribution in [0.3, 0.4) is 0 Å². The first-order chi connectivity index (χ1) is 16.2. The van der Waals surface area contributed by atoms with Crippen LogP contribution in [0.25, 0.3) is 23.0 Å². The van der Waals surface area contributed by atoms with Crippen LogP contribution < -0.4 is 10.2 Å². The normalized spacial score (nSPS) is 15.7. The topological polar surface area (TPSA) is 118 Å². The minimum absolute atomic E-state index is 0.0878. The molecule has 0 N–H and O–H groups in total. The highest BCUT2D eigenvalue weighted by atomic mass is 35.5. The quantitative estimate of drug-likeness (QED) is 0.347. The summed E-state index contributed by atoms with van der Waals surface area (Å²) >= 11 is 12.1. The molecule has 0 spiro atoms. The van der Waals surface area contributed by atoms with Crippen molar-refractivity contribution in [1.29, 1.82) is 0 Å². The molecule has 1 aromatic heterocycles. The van der Waals surface area contributed by atoms with Crippen LogP contribution in [0.2, 0.25) is 5.02 Å². The summed E-state index contributed by atoms with van der Waals surface area (Å²) in [5.74, 6) is -4.11. The molecule has 172 valence electrons. The standard InChI is InChI=1S/C23H16ClN3O5S2/c24-15-8-6-13(7-9-15)20-14(12-26(25-20)16-4-2-1-3-5-16)10-18-21(30)27(23(33)34-18)17(22(31)32)11-19(28)29/h1-10,12,17H,11H2,(H,28,29)(H,31,32)/p-2/b18-10+/t17-/m0/s1. The number of aliphatic carboxylic acids is 2. The SMILES string of the molecule is O=C([O-])C[C@@H](C(=O)[O-])N1C(=O)/C(=C\c2cn(-c3ccccc3)nc2-c2ccc(Cl)cc2)SC1=S. The van der Waals surface area contributed by atoms with Crippen molar-refractivity contribution in [3.63, 3.8) is 0 Å². The predicted molar refractivity (Wildman–Crippen MR) is 127 cm³/mol. The molecule has 11 heteroatoms. The average molecular weight is 512 g/mol. The fraction of sp³-hybridized carbons (Fsp3) is 0.0870. The molecule has 2 aromatic carbocycles. The number of hydrogen-bond acceptors (Lipinski definition) is 8. The van der Waals surface area contributed by atoms with Crippen LogP contribution in [0.1, 0.15) is 12.0 Å². The summed E-state index contributed by atoms with van der Waals surface area (Å²) in [6, 6.07) is 14.6. The van der Waals surface area contributed by atoms with Crippen molar-refractivity contribution in [2.75, 3.05) is 0 Å². The van der Waals surface area contributed by atoms with Crippen molar-refractivity contribution in [3.8, 4) is 16.9 Å². The number of thioether (sulfide) groups is 1. The Morgan fingerprint density at radius 3 is 2.41 bits per heavy atom. The van der Waals surface area contributed by atoms with E-state index in [0.717, 1.165) is 27.9 Å². The van der Waals surface area contributed by atoms with Crippen molar-refractivity contribution in [1.82, 2.24) is 14.7 Å². The first-order valence-corrected chi connectivity index (χ1v) is 11.4. The van der Waals surface area contributed by atoms with E-state index in [-0.39, 0.29) is 9.23 Å². The first-order valence-electron chi connectivity index (χ1n) is 9.83. The first kappa shape index (κ1) is 23.7. The van der Waals surface area contributed by atoms with Gasteiger partial charge in [0.25, 0.3) is 5.91 Å². The lowest BCUT2D eigenvalue weighted by atomic mass is 10.1. The molecule has 1 amide bonds. The smallest absolute Gasteiger partial charge is 0.266 e. The van der Waals surface area contributed by atoms with E-state index in [0.29, 0.717) is 16.3 Å². The molecule has 0 radical (unpaired) electrons. The zero-order valence-electron chi connectivity index (χ0n) is 17.2. The predicted octanol–water partition coefficient (Wildman–Crippen LogP) is 1.65. The van der Waals surface area contributed by atoms with E-state index in [1.165, 1.54) is 0 Å². The average Bonchev–Trinajstić information content (AvgIpc) is 3.34. The zero-order valence-corrected chi connectivity index (χ0v) is 19.6. The summed E-state index contributed by atoms with van der Waals surface area (Å²) in [6.45, 7) is 0. The summed E-state index contributed by atoms with van der Waals surface area (Å²) in [7, 11) is 0. The van der Waals surface area contributed by atoms with Crippen LogP contribution in [0.15, 0.2) is 65.7 Å². The second-order valence-corrected chi connectivity index (χ2v) is 9.29. The molecule has 1 atom stereocenters. The Balaban J connectivity index is 1.77. The lowest BCUT2D eigenvalue weighted by molar-refractivity contribution is -0.319. The van der Waals surface area contributed by atoms with Gasteiger partial charge >= 0.3 is 0 Å². The number of rotatable bonds is 7. The number of carboxylic acid groups (broad SMARTS) is 2. The zero-order chi connectivity index (χ0) is 24.4. The number of aromatic nitrogens is 2. The number of benzene rings is 2. The van der Waals surface area contributed by atoms with Gasteiger partial charge in [0.15, 0.2) is 0 Å². The molecule has 4 rings (SSSR count). The van der Waals surface area contributed by atoms with Gasteiger partial charge in [-0.15, -0.1) is 0 Å². The molecular weight excluding hydrogens is 498 g/mol. The number of carboxylic acids is 2. The van der Waals surface area contributed by atoms with Gasteiger partial charge in [0, 0.05) is 34.7 Å². The maximum atomic E-state index is 13.0. The lowest BCUT2D eigenvalue weighted by Crippen LogP contribution is -2.52. The Bertz CT molecular complexity index is 1320. The second-order valence-electron chi connectivity index (χ2n) is 7.18. The Morgan fingerprint density at radius 2 is 1.79 bits per heavy atom. The molecule has 3 aromatic rings. The number of amides is 1. The number of carbonyl (C=O) groups is 3. The van der Waals surface area contributed by atoms with Crippen LogP contribution in [0.5, 0.6) is 0 Å². The van der Waals surface area contributed by atoms with E-state index in [1.54, 1.807) is 41.2 Å². The van der Waals surface area contributed by atoms with E-state index >= 15 is 0 Å². The summed E-state index contributed by atoms with van der Waals surface area (Å²) in [5.41, 5.74) is 2.65. The van der Waals surface area contributed by atoms with Crippen LogP contribution in [0, 0.1) is 0 Å². The van der Waals surface area contributed by atoms with Gasteiger partial charge in [0.1, 0.15) is 4.32 Å². The van der Waals surface area contributed by atoms with Gasteiger partial charge in [-0.05, 0) is 30.3 Å². The van der Waals surface area contributed by atoms with Crippen LogP contribution in [-0.2, 0) is 14.4 Å². The summed E-state index contributed by atoms with van der Waals surface area (Å²) < 4.78 is 1.56. The van der Waals surface area contributed by atoms with E-state index < -0.39 is 30.3 Å². The van der Waals surface area contributed by atoms with E-state index in [2.05, 4.69) is 5.10 Å². The highest BCUT2D eigenvalue weighted by Gasteiger charge is 2.38. The van der Waals surface area contributed by atoms with Crippen molar-refractivity contribution in [2.45, 2.75) is 12.5 Å². The van der Waals surface area contributed by atoms with Gasteiger partial charge in [0.2, 0.25) is 0 Å². The third-order valence-electron chi connectivity index (χ3n) is 4.93. The van der Waals surface area contributed by atoms with E-state index in [1.807, 2.05) is 30.3 Å². The largest absolute Gasteiger partial charge is 0.550 e. The molecule has 0 aliphatic carbocycles. The fourth-order valence-corrected chi connectivity index (χ4v) is 4.84. The van der Waals surface area contributed by atoms with Crippen LogP contribution >= 0.6 is 35.6 Å². The third kappa shape index (κ3) is 4.89. The molecule has 34 heavy (non-hydrogen) atoms. The number of halogens is 1. The van der Waals surface area contributed by atoms with Crippen LogP contribution in [0.4, 0.5) is 0 Å². The van der Waals surface area contributed by atoms with Gasteiger partial charge in [-0.1, -0.05) is 65.9 Å². The summed E-state index contributed by atoms with van der Waals surface area (Å²) in [5, 5.41) is 27.7. The molecular formula is C23H14ClN3O5S2-2.